The number of ether oxygens (including phenoxy) is 2. The van der Waals surface area contributed by atoms with Crippen molar-refractivity contribution in [2.45, 2.75) is 18.8 Å². The Morgan fingerprint density at radius 3 is 2.12 bits per heavy atom. The van der Waals surface area contributed by atoms with Crippen LogP contribution in [-0.4, -0.2) is 33.6 Å². The van der Waals surface area contributed by atoms with E-state index in [-0.39, 0.29) is 18.0 Å². The van der Waals surface area contributed by atoms with Crippen LogP contribution >= 0.6 is 0 Å². The first-order valence-corrected chi connectivity index (χ1v) is 5.29. The zero-order valence-corrected chi connectivity index (χ0v) is 10.2. The molecule has 0 fully saturated rings. The van der Waals surface area contributed by atoms with Crippen molar-refractivity contribution in [1.29, 1.82) is 0 Å². The van der Waals surface area contributed by atoms with Crippen LogP contribution in [0.3, 0.4) is 0 Å². The Balaban J connectivity index is 2.87. The minimum absolute atomic E-state index is 0.0333. The van der Waals surface area contributed by atoms with E-state index >= 15 is 0 Å². The summed E-state index contributed by atoms with van der Waals surface area (Å²) < 4.78 is 37.1. The van der Waals surface area contributed by atoms with Crippen molar-refractivity contribution in [1.82, 2.24) is 5.32 Å². The molecule has 0 spiro atoms. The molecule has 0 saturated carbocycles. The zero-order chi connectivity index (χ0) is 12.8. The number of rotatable bonds is 6. The fourth-order valence-corrected chi connectivity index (χ4v) is 1.71. The van der Waals surface area contributed by atoms with Gasteiger partial charge in [-0.15, -0.1) is 0 Å². The quantitative estimate of drug-likeness (QED) is 0.774. The van der Waals surface area contributed by atoms with Crippen LogP contribution in [-0.2, 0) is 15.9 Å². The molecule has 0 radical (unpaired) electrons. The smallest absolute Gasteiger partial charge is 0.172 e. The van der Waals surface area contributed by atoms with Crippen molar-refractivity contribution >= 4 is 0 Å². The Labute approximate surface area is 99.7 Å². The molecule has 17 heavy (non-hydrogen) atoms. The maximum atomic E-state index is 13.5. The Hall–Kier alpha value is -1.04. The molecule has 1 N–H and O–H groups in total. The Kier molecular flexibility index (Phi) is 5.47. The number of methoxy groups -OCH3 is 2. The van der Waals surface area contributed by atoms with Gasteiger partial charge in [0.2, 0.25) is 0 Å². The molecule has 1 aromatic rings. The van der Waals surface area contributed by atoms with E-state index in [1.807, 2.05) is 0 Å². The molecule has 96 valence electrons. The van der Waals surface area contributed by atoms with Gasteiger partial charge in [-0.3, -0.25) is 0 Å². The topological polar surface area (TPSA) is 30.5 Å². The van der Waals surface area contributed by atoms with Gasteiger partial charge in [-0.2, -0.15) is 0 Å². The van der Waals surface area contributed by atoms with E-state index in [4.69, 9.17) is 9.47 Å². The summed E-state index contributed by atoms with van der Waals surface area (Å²) in [4.78, 5) is 0. The lowest BCUT2D eigenvalue weighted by molar-refractivity contribution is -0.121. The Bertz CT molecular complexity index is 336. The molecule has 1 atom stereocenters. The first kappa shape index (κ1) is 14.0. The standard InChI is InChI=1S/C12H17F2NO2/c1-15-11(12(16-2)17-3)7-8-9(13)5-4-6-10(8)14/h4-6,11-12,15H,7H2,1-3H3. The van der Waals surface area contributed by atoms with Crippen molar-refractivity contribution in [2.75, 3.05) is 21.3 Å². The number of benzene rings is 1. The van der Waals surface area contributed by atoms with E-state index in [1.165, 1.54) is 32.4 Å². The highest BCUT2D eigenvalue weighted by Crippen LogP contribution is 2.16. The number of hydrogen-bond donors (Lipinski definition) is 1. The van der Waals surface area contributed by atoms with Gasteiger partial charge in [0.1, 0.15) is 11.6 Å². The van der Waals surface area contributed by atoms with Gasteiger partial charge in [0, 0.05) is 19.8 Å². The van der Waals surface area contributed by atoms with E-state index in [1.54, 1.807) is 7.05 Å². The molecule has 0 aliphatic rings. The van der Waals surface area contributed by atoms with Crippen LogP contribution < -0.4 is 5.32 Å². The summed E-state index contributed by atoms with van der Waals surface area (Å²) in [6.07, 6.45) is -0.402. The Morgan fingerprint density at radius 1 is 1.18 bits per heavy atom. The molecule has 1 rings (SSSR count). The minimum Gasteiger partial charge on any atom is -0.354 e. The number of nitrogens with one attached hydrogen (secondary N) is 1. The SMILES string of the molecule is CNC(Cc1c(F)cccc1F)C(OC)OC. The van der Waals surface area contributed by atoms with Gasteiger partial charge in [-0.05, 0) is 25.6 Å². The third-order valence-corrected chi connectivity index (χ3v) is 2.65. The molecule has 0 aliphatic heterocycles. The second-order valence-corrected chi connectivity index (χ2v) is 3.64. The van der Waals surface area contributed by atoms with E-state index < -0.39 is 17.9 Å². The fraction of sp³-hybridized carbons (Fsp3) is 0.500. The van der Waals surface area contributed by atoms with Crippen LogP contribution in [0.25, 0.3) is 0 Å². The molecule has 3 nitrogen and oxygen atoms in total. The van der Waals surface area contributed by atoms with Gasteiger partial charge in [-0.25, -0.2) is 8.78 Å². The largest absolute Gasteiger partial charge is 0.354 e. The summed E-state index contributed by atoms with van der Waals surface area (Å²) in [6.45, 7) is 0. The lowest BCUT2D eigenvalue weighted by Crippen LogP contribution is -2.42. The first-order chi connectivity index (χ1) is 8.13. The van der Waals surface area contributed by atoms with E-state index in [9.17, 15) is 8.78 Å². The molecule has 0 aliphatic carbocycles. The van der Waals surface area contributed by atoms with Gasteiger partial charge in [-0.1, -0.05) is 6.07 Å². The molecule has 0 saturated heterocycles. The highest BCUT2D eigenvalue weighted by atomic mass is 19.1. The predicted octanol–water partition coefficient (Wildman–Crippen LogP) is 1.71. The minimum atomic E-state index is -0.559. The van der Waals surface area contributed by atoms with Gasteiger partial charge in [0.15, 0.2) is 6.29 Å². The van der Waals surface area contributed by atoms with E-state index in [0.29, 0.717) is 0 Å². The van der Waals surface area contributed by atoms with Crippen LogP contribution in [0, 0.1) is 11.6 Å². The van der Waals surface area contributed by atoms with Crippen LogP contribution in [0.2, 0.25) is 0 Å². The summed E-state index contributed by atoms with van der Waals surface area (Å²) in [5.74, 6) is -1.12. The van der Waals surface area contributed by atoms with Gasteiger partial charge in [0.25, 0.3) is 0 Å². The maximum absolute atomic E-state index is 13.5. The Morgan fingerprint density at radius 2 is 1.71 bits per heavy atom. The average molecular weight is 245 g/mol. The number of halogens is 2. The van der Waals surface area contributed by atoms with E-state index in [2.05, 4.69) is 5.32 Å². The van der Waals surface area contributed by atoms with Gasteiger partial charge >= 0.3 is 0 Å². The van der Waals surface area contributed by atoms with Crippen molar-refractivity contribution in [2.24, 2.45) is 0 Å². The molecule has 1 unspecified atom stereocenters. The molecule has 0 aromatic heterocycles. The molecule has 0 amide bonds. The van der Waals surface area contributed by atoms with Crippen LogP contribution in [0.5, 0.6) is 0 Å². The molecular formula is C12H17F2NO2. The molecular weight excluding hydrogens is 228 g/mol. The summed E-state index contributed by atoms with van der Waals surface area (Å²) >= 11 is 0. The lowest BCUT2D eigenvalue weighted by atomic mass is 10.0. The molecule has 5 heteroatoms. The van der Waals surface area contributed by atoms with Crippen LogP contribution in [0.4, 0.5) is 8.78 Å². The van der Waals surface area contributed by atoms with Crippen molar-refractivity contribution in [3.05, 3.63) is 35.4 Å². The number of likely N-dealkylation sites (N-methyl/N-ethyl adjacent to an activating group) is 1. The number of hydrogen-bond acceptors (Lipinski definition) is 3. The summed E-state index contributed by atoms with van der Waals surface area (Å²) in [6, 6.07) is 3.49. The summed E-state index contributed by atoms with van der Waals surface area (Å²) in [7, 11) is 4.65. The van der Waals surface area contributed by atoms with Crippen molar-refractivity contribution < 1.29 is 18.3 Å². The highest BCUT2D eigenvalue weighted by molar-refractivity contribution is 5.20. The molecule has 1 aromatic carbocycles. The molecule has 0 bridgehead atoms. The molecule has 0 heterocycles. The monoisotopic (exact) mass is 245 g/mol. The second-order valence-electron chi connectivity index (χ2n) is 3.64. The predicted molar refractivity (Wildman–Crippen MR) is 60.7 cm³/mol. The second kappa shape index (κ2) is 6.64. The first-order valence-electron chi connectivity index (χ1n) is 5.29. The summed E-state index contributed by atoms with van der Waals surface area (Å²) in [5, 5.41) is 2.92. The third kappa shape index (κ3) is 3.46. The van der Waals surface area contributed by atoms with Crippen LogP contribution in [0.1, 0.15) is 5.56 Å². The maximum Gasteiger partial charge on any atom is 0.172 e. The van der Waals surface area contributed by atoms with Gasteiger partial charge in [0.05, 0.1) is 6.04 Å². The van der Waals surface area contributed by atoms with Crippen molar-refractivity contribution in [3.63, 3.8) is 0 Å². The normalized spacial score (nSPS) is 13.1. The van der Waals surface area contributed by atoms with Crippen LogP contribution in [0.15, 0.2) is 18.2 Å². The zero-order valence-electron chi connectivity index (χ0n) is 10.2. The lowest BCUT2D eigenvalue weighted by Gasteiger charge is -2.24. The fourth-order valence-electron chi connectivity index (χ4n) is 1.71. The van der Waals surface area contributed by atoms with Crippen molar-refractivity contribution in [3.8, 4) is 0 Å². The van der Waals surface area contributed by atoms with E-state index in [0.717, 1.165) is 0 Å². The summed E-state index contributed by atoms with van der Waals surface area (Å²) in [5.41, 5.74) is 0.0333. The average Bonchev–Trinajstić information content (AvgIpc) is 2.33. The van der Waals surface area contributed by atoms with Gasteiger partial charge < -0.3 is 14.8 Å². The third-order valence-electron chi connectivity index (χ3n) is 2.65. The highest BCUT2D eigenvalue weighted by Gasteiger charge is 2.22.